The van der Waals surface area contributed by atoms with Crippen molar-refractivity contribution in [1.82, 2.24) is 0 Å². The first-order chi connectivity index (χ1) is 8.85. The van der Waals surface area contributed by atoms with Gasteiger partial charge in [0.15, 0.2) is 11.6 Å². The second-order valence-corrected chi connectivity index (χ2v) is 5.31. The zero-order valence-corrected chi connectivity index (χ0v) is 11.6. The van der Waals surface area contributed by atoms with Crippen LogP contribution in [0.5, 0.6) is 5.75 Å². The van der Waals surface area contributed by atoms with Crippen molar-refractivity contribution >= 4 is 0 Å². The van der Waals surface area contributed by atoms with Gasteiger partial charge in [-0.2, -0.15) is 5.26 Å². The fourth-order valence-corrected chi connectivity index (χ4v) is 1.65. The number of nitriles is 1. The standard InChI is InChI=1S/C15H20FNO2/c1-11(18)12-5-6-14(13(16)9-12)19-8-4-7-15(2,3)10-17/h5-6,9,11,18H,4,7-8H2,1-3H3/t11-/m1/s1. The van der Waals surface area contributed by atoms with Crippen molar-refractivity contribution in [3.05, 3.63) is 29.6 Å². The molecule has 0 aliphatic heterocycles. The Bertz CT molecular complexity index is 464. The molecule has 104 valence electrons. The van der Waals surface area contributed by atoms with Crippen LogP contribution in [0.25, 0.3) is 0 Å². The van der Waals surface area contributed by atoms with Crippen molar-refractivity contribution in [3.63, 3.8) is 0 Å². The Balaban J connectivity index is 2.49. The molecule has 3 nitrogen and oxygen atoms in total. The summed E-state index contributed by atoms with van der Waals surface area (Å²) in [5.74, 6) is -0.294. The zero-order chi connectivity index (χ0) is 14.5. The third kappa shape index (κ3) is 4.88. The van der Waals surface area contributed by atoms with Gasteiger partial charge in [0.2, 0.25) is 0 Å². The maximum atomic E-state index is 13.6. The Labute approximate surface area is 113 Å². The molecule has 0 saturated carbocycles. The van der Waals surface area contributed by atoms with Crippen LogP contribution in [0, 0.1) is 22.6 Å². The molecule has 0 spiro atoms. The van der Waals surface area contributed by atoms with Gasteiger partial charge >= 0.3 is 0 Å². The Morgan fingerprint density at radius 3 is 2.68 bits per heavy atom. The molecule has 1 atom stereocenters. The fraction of sp³-hybridized carbons (Fsp3) is 0.533. The van der Waals surface area contributed by atoms with E-state index in [4.69, 9.17) is 10.00 Å². The van der Waals surface area contributed by atoms with Crippen molar-refractivity contribution in [2.45, 2.75) is 39.7 Å². The third-order valence-electron chi connectivity index (χ3n) is 2.94. The fourth-order valence-electron chi connectivity index (χ4n) is 1.65. The lowest BCUT2D eigenvalue weighted by Crippen LogP contribution is -2.10. The summed E-state index contributed by atoms with van der Waals surface area (Å²) in [6, 6.07) is 6.65. The number of benzene rings is 1. The summed E-state index contributed by atoms with van der Waals surface area (Å²) < 4.78 is 19.0. The van der Waals surface area contributed by atoms with Gasteiger partial charge in [0.1, 0.15) is 0 Å². The van der Waals surface area contributed by atoms with E-state index in [1.165, 1.54) is 12.1 Å². The van der Waals surface area contributed by atoms with Gasteiger partial charge in [-0.3, -0.25) is 0 Å². The molecule has 0 fully saturated rings. The summed E-state index contributed by atoms with van der Waals surface area (Å²) >= 11 is 0. The van der Waals surface area contributed by atoms with Crippen LogP contribution < -0.4 is 4.74 Å². The van der Waals surface area contributed by atoms with E-state index in [0.29, 0.717) is 25.0 Å². The highest BCUT2D eigenvalue weighted by Gasteiger charge is 2.16. The Morgan fingerprint density at radius 2 is 2.16 bits per heavy atom. The van der Waals surface area contributed by atoms with Crippen LogP contribution in [0.4, 0.5) is 4.39 Å². The van der Waals surface area contributed by atoms with Gasteiger partial charge in [0.25, 0.3) is 0 Å². The maximum absolute atomic E-state index is 13.6. The normalized spacial score (nSPS) is 12.8. The second kappa shape index (κ2) is 6.53. The van der Waals surface area contributed by atoms with Crippen LogP contribution in [0.15, 0.2) is 18.2 Å². The molecule has 1 N–H and O–H groups in total. The van der Waals surface area contributed by atoms with Crippen LogP contribution in [-0.4, -0.2) is 11.7 Å². The van der Waals surface area contributed by atoms with E-state index in [9.17, 15) is 9.50 Å². The average Bonchev–Trinajstić information content (AvgIpc) is 2.36. The third-order valence-corrected chi connectivity index (χ3v) is 2.94. The van der Waals surface area contributed by atoms with Crippen LogP contribution in [0.2, 0.25) is 0 Å². The molecule has 4 heteroatoms. The molecule has 1 aromatic carbocycles. The number of hydrogen-bond acceptors (Lipinski definition) is 3. The number of ether oxygens (including phenoxy) is 1. The van der Waals surface area contributed by atoms with Gasteiger partial charge in [-0.1, -0.05) is 6.07 Å². The minimum absolute atomic E-state index is 0.180. The van der Waals surface area contributed by atoms with Crippen LogP contribution >= 0.6 is 0 Å². The molecular formula is C15H20FNO2. The lowest BCUT2D eigenvalue weighted by molar-refractivity contribution is 0.198. The molecule has 0 aromatic heterocycles. The van der Waals surface area contributed by atoms with Gasteiger partial charge in [0.05, 0.1) is 24.2 Å². The smallest absolute Gasteiger partial charge is 0.165 e. The van der Waals surface area contributed by atoms with Gasteiger partial charge in [0, 0.05) is 0 Å². The summed E-state index contributed by atoms with van der Waals surface area (Å²) in [5, 5.41) is 18.2. The molecule has 0 bridgehead atoms. The first-order valence-electron chi connectivity index (χ1n) is 6.37. The summed E-state index contributed by atoms with van der Waals surface area (Å²) in [5.41, 5.74) is 0.147. The lowest BCUT2D eigenvalue weighted by atomic mass is 9.90. The summed E-state index contributed by atoms with van der Waals surface area (Å²) in [4.78, 5) is 0. The second-order valence-electron chi connectivity index (χ2n) is 5.31. The molecule has 1 rings (SSSR count). The van der Waals surface area contributed by atoms with Gasteiger partial charge in [-0.05, 0) is 51.3 Å². The maximum Gasteiger partial charge on any atom is 0.165 e. The van der Waals surface area contributed by atoms with E-state index < -0.39 is 11.9 Å². The molecule has 0 aliphatic carbocycles. The molecular weight excluding hydrogens is 245 g/mol. The van der Waals surface area contributed by atoms with Gasteiger partial charge in [-0.15, -0.1) is 0 Å². The van der Waals surface area contributed by atoms with Crippen molar-refractivity contribution in [2.24, 2.45) is 5.41 Å². The molecule has 0 saturated heterocycles. The van der Waals surface area contributed by atoms with Crippen LogP contribution in [-0.2, 0) is 0 Å². The number of nitrogens with zero attached hydrogens (tertiary/aromatic N) is 1. The van der Waals surface area contributed by atoms with Gasteiger partial charge in [-0.25, -0.2) is 4.39 Å². The minimum atomic E-state index is -0.694. The first kappa shape index (κ1) is 15.5. The number of rotatable bonds is 6. The molecule has 19 heavy (non-hydrogen) atoms. The monoisotopic (exact) mass is 265 g/mol. The highest BCUT2D eigenvalue weighted by Crippen LogP contribution is 2.24. The van der Waals surface area contributed by atoms with E-state index in [1.807, 2.05) is 13.8 Å². The van der Waals surface area contributed by atoms with Crippen molar-refractivity contribution in [3.8, 4) is 11.8 Å². The van der Waals surface area contributed by atoms with Crippen molar-refractivity contribution in [1.29, 1.82) is 5.26 Å². The zero-order valence-electron chi connectivity index (χ0n) is 11.6. The molecule has 0 unspecified atom stereocenters. The highest BCUT2D eigenvalue weighted by atomic mass is 19.1. The van der Waals surface area contributed by atoms with E-state index in [1.54, 1.807) is 13.0 Å². The van der Waals surface area contributed by atoms with E-state index in [0.717, 1.165) is 0 Å². The minimum Gasteiger partial charge on any atom is -0.491 e. The molecule has 1 aromatic rings. The molecule has 0 heterocycles. The SMILES string of the molecule is C[C@@H](O)c1ccc(OCCCC(C)(C)C#N)c(F)c1. The Kier molecular flexibility index (Phi) is 5.31. The highest BCUT2D eigenvalue weighted by molar-refractivity contribution is 5.30. The molecule has 0 radical (unpaired) electrons. The Morgan fingerprint density at radius 1 is 1.47 bits per heavy atom. The lowest BCUT2D eigenvalue weighted by Gasteiger charge is -2.15. The molecule has 0 aliphatic rings. The van der Waals surface area contributed by atoms with E-state index in [-0.39, 0.29) is 11.2 Å². The van der Waals surface area contributed by atoms with E-state index >= 15 is 0 Å². The predicted octanol–water partition coefficient (Wildman–Crippen LogP) is 3.59. The number of aliphatic hydroxyl groups excluding tert-OH is 1. The van der Waals surface area contributed by atoms with Crippen molar-refractivity contribution in [2.75, 3.05) is 6.61 Å². The van der Waals surface area contributed by atoms with E-state index in [2.05, 4.69) is 6.07 Å². The van der Waals surface area contributed by atoms with Crippen LogP contribution in [0.3, 0.4) is 0 Å². The first-order valence-corrected chi connectivity index (χ1v) is 6.37. The summed E-state index contributed by atoms with van der Waals surface area (Å²) in [6.07, 6.45) is 0.703. The summed E-state index contributed by atoms with van der Waals surface area (Å²) in [7, 11) is 0. The molecule has 0 amide bonds. The number of aliphatic hydroxyl groups is 1. The van der Waals surface area contributed by atoms with Crippen LogP contribution in [0.1, 0.15) is 45.3 Å². The topological polar surface area (TPSA) is 53.2 Å². The van der Waals surface area contributed by atoms with Crippen molar-refractivity contribution < 1.29 is 14.2 Å². The number of hydrogen-bond donors (Lipinski definition) is 1. The Hall–Kier alpha value is -1.60. The predicted molar refractivity (Wildman–Crippen MR) is 71.2 cm³/mol. The van der Waals surface area contributed by atoms with Gasteiger partial charge < -0.3 is 9.84 Å². The number of halogens is 1. The largest absolute Gasteiger partial charge is 0.491 e. The quantitative estimate of drug-likeness (QED) is 0.800. The average molecular weight is 265 g/mol. The summed E-state index contributed by atoms with van der Waals surface area (Å²) in [6.45, 7) is 5.69.